The zero-order chi connectivity index (χ0) is 32.3. The van der Waals surface area contributed by atoms with Gasteiger partial charge >= 0.3 is 0 Å². The molecule has 0 amide bonds. The lowest BCUT2D eigenvalue weighted by Crippen LogP contribution is -2.60. The molecule has 1 N–H and O–H groups in total. The Kier molecular flexibility index (Phi) is 10.5. The fourth-order valence-corrected chi connectivity index (χ4v) is 8.00. The summed E-state index contributed by atoms with van der Waals surface area (Å²) in [5.41, 5.74) is 6.52. The first-order valence-corrected chi connectivity index (χ1v) is 17.3. The highest BCUT2D eigenvalue weighted by atomic mass is 32.2. The minimum absolute atomic E-state index is 0.0666. The van der Waals surface area contributed by atoms with E-state index in [0.29, 0.717) is 23.8 Å². The molecule has 0 aromatic heterocycles. The van der Waals surface area contributed by atoms with Gasteiger partial charge in [0.2, 0.25) is 0 Å². The van der Waals surface area contributed by atoms with Crippen molar-refractivity contribution in [2.75, 3.05) is 13.6 Å². The van der Waals surface area contributed by atoms with Crippen molar-refractivity contribution >= 4 is 15.9 Å². The Bertz CT molecular complexity index is 1550. The summed E-state index contributed by atoms with van der Waals surface area (Å²) in [6.07, 6.45) is 7.47. The van der Waals surface area contributed by atoms with Crippen molar-refractivity contribution in [2.45, 2.75) is 101 Å². The van der Waals surface area contributed by atoms with Crippen LogP contribution in [0.5, 0.6) is 0 Å². The van der Waals surface area contributed by atoms with Crippen molar-refractivity contribution < 1.29 is 22.2 Å². The molecule has 0 aliphatic heterocycles. The number of hydrogen-bond donors (Lipinski definition) is 1. The molecule has 0 bridgehead atoms. The maximum absolute atomic E-state index is 13.2. The third-order valence-electron chi connectivity index (χ3n) is 10.3. The number of Topliss-reactive ketones (excluding diaryl/α,β-unsaturated/α-hetero) is 1. The molecular weight excluding hydrogens is 573 g/mol. The molecule has 2 aliphatic carbocycles. The Morgan fingerprint density at radius 1 is 1.02 bits per heavy atom. The minimum Gasteiger partial charge on any atom is -0.301 e. The van der Waals surface area contributed by atoms with Crippen molar-refractivity contribution in [3.63, 3.8) is 0 Å². The molecule has 2 aliphatic rings. The molecule has 238 valence electrons. The highest BCUT2D eigenvalue weighted by Gasteiger charge is 2.53. The van der Waals surface area contributed by atoms with Gasteiger partial charge in [0.15, 0.2) is 5.78 Å². The van der Waals surface area contributed by atoms with Crippen LogP contribution in [0, 0.1) is 18.7 Å². The quantitative estimate of drug-likeness (QED) is 0.202. The smallest absolute Gasteiger partial charge is 0.294 e. The number of rotatable bonds is 8. The highest BCUT2D eigenvalue weighted by molar-refractivity contribution is 7.85. The zero-order valence-electron chi connectivity index (χ0n) is 27.1. The molecule has 0 saturated heterocycles. The molecule has 0 spiro atoms. The van der Waals surface area contributed by atoms with Crippen LogP contribution >= 0.6 is 0 Å². The van der Waals surface area contributed by atoms with Gasteiger partial charge in [-0.25, -0.2) is 4.39 Å². The molecular formula is C37H48FNO4S. The number of ketones is 1. The fourth-order valence-electron chi connectivity index (χ4n) is 7.52. The fraction of sp³-hybridized carbons (Fsp3) is 0.486. The Morgan fingerprint density at radius 2 is 1.68 bits per heavy atom. The predicted molar refractivity (Wildman–Crippen MR) is 176 cm³/mol. The number of benzene rings is 3. The molecule has 0 radical (unpaired) electrons. The summed E-state index contributed by atoms with van der Waals surface area (Å²) in [5.74, 6) is 0.999. The van der Waals surface area contributed by atoms with Gasteiger partial charge in [-0.05, 0) is 130 Å². The standard InChI is InChI=1S/C30H40FNO.C7H8O3S/c1-21(2)23-11-15-26-24(20-23)12-16-28-29(26,3)17-7-18-30(28,4)32(5)19-6-8-27(33)22-9-13-25(31)14-10-22;1-6-2-4-7(5-3-6)11(8,9)10/h9-11,13-15,20-21,28H,6-8,12,16-19H2,1-5H3;2-5H,1H3,(H,8,9,10). The van der Waals surface area contributed by atoms with Crippen LogP contribution < -0.4 is 0 Å². The summed E-state index contributed by atoms with van der Waals surface area (Å²) < 4.78 is 42.7. The summed E-state index contributed by atoms with van der Waals surface area (Å²) in [7, 11) is -1.76. The van der Waals surface area contributed by atoms with Gasteiger partial charge in [-0.15, -0.1) is 0 Å². The molecule has 5 nitrogen and oxygen atoms in total. The lowest BCUT2D eigenvalue weighted by molar-refractivity contribution is -0.0208. The van der Waals surface area contributed by atoms with Crippen LogP contribution in [0.2, 0.25) is 0 Å². The second kappa shape index (κ2) is 13.6. The third-order valence-corrected chi connectivity index (χ3v) is 11.1. The Labute approximate surface area is 263 Å². The van der Waals surface area contributed by atoms with E-state index < -0.39 is 10.1 Å². The first-order valence-electron chi connectivity index (χ1n) is 15.8. The maximum Gasteiger partial charge on any atom is 0.294 e. The van der Waals surface area contributed by atoms with Gasteiger partial charge in [0.05, 0.1) is 4.90 Å². The van der Waals surface area contributed by atoms with E-state index in [4.69, 9.17) is 4.55 Å². The number of fused-ring (bicyclic) bond motifs is 3. The molecule has 44 heavy (non-hydrogen) atoms. The molecule has 3 aromatic carbocycles. The van der Waals surface area contributed by atoms with Crippen LogP contribution in [0.3, 0.4) is 0 Å². The lowest BCUT2D eigenvalue weighted by atomic mass is 9.52. The van der Waals surface area contributed by atoms with E-state index in [-0.39, 0.29) is 27.4 Å². The average molecular weight is 622 g/mol. The largest absolute Gasteiger partial charge is 0.301 e. The molecule has 3 aromatic rings. The van der Waals surface area contributed by atoms with Crippen LogP contribution in [0.4, 0.5) is 4.39 Å². The average Bonchev–Trinajstić information content (AvgIpc) is 2.97. The highest BCUT2D eigenvalue weighted by Crippen LogP contribution is 2.55. The van der Waals surface area contributed by atoms with E-state index in [1.807, 2.05) is 6.92 Å². The predicted octanol–water partition coefficient (Wildman–Crippen LogP) is 8.55. The van der Waals surface area contributed by atoms with Crippen molar-refractivity contribution in [3.8, 4) is 0 Å². The van der Waals surface area contributed by atoms with Crippen LogP contribution in [-0.2, 0) is 22.0 Å². The van der Waals surface area contributed by atoms with Gasteiger partial charge in [-0.2, -0.15) is 8.42 Å². The zero-order valence-corrected chi connectivity index (χ0v) is 27.9. The molecule has 3 atom stereocenters. The number of aryl methyl sites for hydroxylation is 2. The van der Waals surface area contributed by atoms with E-state index in [2.05, 4.69) is 57.8 Å². The van der Waals surface area contributed by atoms with E-state index >= 15 is 0 Å². The maximum atomic E-state index is 13.2. The van der Waals surface area contributed by atoms with Crippen LogP contribution in [0.15, 0.2) is 71.6 Å². The summed E-state index contributed by atoms with van der Waals surface area (Å²) in [4.78, 5) is 15.0. The number of hydrogen-bond acceptors (Lipinski definition) is 4. The van der Waals surface area contributed by atoms with Gasteiger partial charge in [-0.1, -0.05) is 63.1 Å². The van der Waals surface area contributed by atoms with E-state index in [1.165, 1.54) is 61.9 Å². The van der Waals surface area contributed by atoms with Gasteiger partial charge < -0.3 is 4.90 Å². The van der Waals surface area contributed by atoms with Gasteiger partial charge in [0, 0.05) is 17.5 Å². The number of carbonyl (C=O) groups is 1. The van der Waals surface area contributed by atoms with Crippen molar-refractivity contribution in [1.29, 1.82) is 0 Å². The monoisotopic (exact) mass is 621 g/mol. The number of nitrogens with zero attached hydrogens (tertiary/aromatic N) is 1. The Hall–Kier alpha value is -2.87. The number of carbonyl (C=O) groups excluding carboxylic acids is 1. The van der Waals surface area contributed by atoms with E-state index in [1.54, 1.807) is 35.4 Å². The molecule has 5 rings (SSSR count). The van der Waals surface area contributed by atoms with Crippen molar-refractivity contribution in [2.24, 2.45) is 5.92 Å². The first kappa shape index (κ1) is 34.0. The number of halogens is 1. The minimum atomic E-state index is -4.02. The summed E-state index contributed by atoms with van der Waals surface area (Å²) in [6.45, 7) is 12.3. The van der Waals surface area contributed by atoms with Crippen LogP contribution in [0.1, 0.15) is 105 Å². The van der Waals surface area contributed by atoms with Gasteiger partial charge in [-0.3, -0.25) is 9.35 Å². The van der Waals surface area contributed by atoms with E-state index in [0.717, 1.165) is 18.5 Å². The summed E-state index contributed by atoms with van der Waals surface area (Å²) in [5, 5.41) is 0. The second-order valence-electron chi connectivity index (χ2n) is 13.5. The summed E-state index contributed by atoms with van der Waals surface area (Å²) in [6, 6.07) is 19.2. The van der Waals surface area contributed by atoms with Crippen molar-refractivity contribution in [1.82, 2.24) is 4.90 Å². The normalized spacial score (nSPS) is 23.0. The second-order valence-corrected chi connectivity index (χ2v) is 15.0. The van der Waals surface area contributed by atoms with Crippen LogP contribution in [-0.4, -0.2) is 42.8 Å². The topological polar surface area (TPSA) is 74.7 Å². The summed E-state index contributed by atoms with van der Waals surface area (Å²) >= 11 is 0. The Morgan fingerprint density at radius 3 is 2.30 bits per heavy atom. The van der Waals surface area contributed by atoms with Crippen LogP contribution in [0.25, 0.3) is 0 Å². The van der Waals surface area contributed by atoms with E-state index in [9.17, 15) is 17.6 Å². The van der Waals surface area contributed by atoms with Crippen molar-refractivity contribution in [3.05, 3.63) is 100 Å². The molecule has 3 unspecified atom stereocenters. The Balaban J connectivity index is 0.000000339. The van der Waals surface area contributed by atoms with Gasteiger partial charge in [0.25, 0.3) is 10.1 Å². The third kappa shape index (κ3) is 7.49. The molecule has 0 heterocycles. The molecule has 1 fully saturated rings. The SMILES string of the molecule is CC(C)c1ccc2c(c1)CCC1C2(C)CCCC1(C)N(C)CCCC(=O)c1ccc(F)cc1.Cc1ccc(S(=O)(=O)O)cc1. The molecule has 7 heteroatoms. The van der Waals surface area contributed by atoms with Gasteiger partial charge in [0.1, 0.15) is 5.82 Å². The molecule has 1 saturated carbocycles. The first-order chi connectivity index (χ1) is 20.6. The lowest BCUT2D eigenvalue weighted by Gasteiger charge is -2.58.